The Morgan fingerprint density at radius 1 is 1.07 bits per heavy atom. The first-order valence-electron chi connectivity index (χ1n) is 14.6. The van der Waals surface area contributed by atoms with Gasteiger partial charge in [0.2, 0.25) is 0 Å². The van der Waals surface area contributed by atoms with Crippen LogP contribution in [0.3, 0.4) is 0 Å². The molecular weight excluding hydrogens is 556 g/mol. The van der Waals surface area contributed by atoms with Crippen LogP contribution in [-0.2, 0) is 0 Å². The minimum absolute atomic E-state index is 0.133. The average Bonchev–Trinajstić information content (AvgIpc) is 3.21. The van der Waals surface area contributed by atoms with E-state index in [-0.39, 0.29) is 18.1 Å². The third-order valence-electron chi connectivity index (χ3n) is 7.16. The number of anilines is 1. The SMILES string of the molecule is COc1cc2c(Oc3ccc(NC(=O)NCCC(C)(C)C)c(Cl)c3)ccnc2cc1OCC(O)CN1CCCCCC1. The number of nitrogens with zero attached hydrogens (tertiary/aromatic N) is 2. The Bertz CT molecular complexity index is 1340. The number of β-amino-alcohol motifs (C(OH)–C–C–N with tert-alkyl or cyclic N) is 1. The van der Waals surface area contributed by atoms with Gasteiger partial charge in [0.1, 0.15) is 24.2 Å². The number of nitrogens with one attached hydrogen (secondary N) is 2. The fourth-order valence-electron chi connectivity index (χ4n) is 4.85. The van der Waals surface area contributed by atoms with Crippen LogP contribution in [0.1, 0.15) is 52.9 Å². The molecule has 0 aliphatic carbocycles. The molecule has 1 aliphatic heterocycles. The van der Waals surface area contributed by atoms with Crippen LogP contribution in [0.5, 0.6) is 23.0 Å². The van der Waals surface area contributed by atoms with Gasteiger partial charge in [-0.25, -0.2) is 4.79 Å². The number of pyridine rings is 1. The van der Waals surface area contributed by atoms with Gasteiger partial charge in [0.05, 0.1) is 23.3 Å². The largest absolute Gasteiger partial charge is 0.493 e. The van der Waals surface area contributed by atoms with Crippen molar-refractivity contribution in [3.05, 3.63) is 47.6 Å². The predicted molar refractivity (Wildman–Crippen MR) is 167 cm³/mol. The lowest BCUT2D eigenvalue weighted by molar-refractivity contribution is 0.0684. The molecule has 1 fully saturated rings. The number of ether oxygens (including phenoxy) is 3. The van der Waals surface area contributed by atoms with Gasteiger partial charge in [-0.1, -0.05) is 45.2 Å². The van der Waals surface area contributed by atoms with Crippen molar-refractivity contribution < 1.29 is 24.1 Å². The number of aromatic nitrogens is 1. The van der Waals surface area contributed by atoms with Gasteiger partial charge >= 0.3 is 6.03 Å². The zero-order valence-corrected chi connectivity index (χ0v) is 25.8. The summed E-state index contributed by atoms with van der Waals surface area (Å²) in [6.07, 6.45) is 6.75. The van der Waals surface area contributed by atoms with Gasteiger partial charge in [-0.05, 0) is 62.0 Å². The average molecular weight is 599 g/mol. The van der Waals surface area contributed by atoms with E-state index in [0.717, 1.165) is 24.9 Å². The second-order valence-corrected chi connectivity index (χ2v) is 12.4. The van der Waals surface area contributed by atoms with Crippen molar-refractivity contribution in [2.45, 2.75) is 59.0 Å². The van der Waals surface area contributed by atoms with Crippen LogP contribution in [0.4, 0.5) is 10.5 Å². The summed E-state index contributed by atoms with van der Waals surface area (Å²) in [5.74, 6) is 2.08. The second kappa shape index (κ2) is 14.8. The molecule has 4 rings (SSSR count). The lowest BCUT2D eigenvalue weighted by Gasteiger charge is -2.23. The Morgan fingerprint density at radius 2 is 1.83 bits per heavy atom. The van der Waals surface area contributed by atoms with Crippen molar-refractivity contribution in [1.82, 2.24) is 15.2 Å². The molecule has 42 heavy (non-hydrogen) atoms. The molecule has 1 aliphatic rings. The highest BCUT2D eigenvalue weighted by molar-refractivity contribution is 6.33. The van der Waals surface area contributed by atoms with E-state index in [1.807, 2.05) is 6.07 Å². The molecule has 0 saturated carbocycles. The molecule has 228 valence electrons. The number of fused-ring (bicyclic) bond motifs is 1. The van der Waals surface area contributed by atoms with Crippen LogP contribution >= 0.6 is 11.6 Å². The monoisotopic (exact) mass is 598 g/mol. The van der Waals surface area contributed by atoms with Gasteiger partial charge < -0.3 is 34.9 Å². The molecule has 3 aromatic rings. The molecule has 0 bridgehead atoms. The van der Waals surface area contributed by atoms with Crippen molar-refractivity contribution in [3.63, 3.8) is 0 Å². The summed E-state index contributed by atoms with van der Waals surface area (Å²) >= 11 is 6.47. The molecule has 2 heterocycles. The maximum absolute atomic E-state index is 12.3. The van der Waals surface area contributed by atoms with E-state index in [1.54, 1.807) is 43.6 Å². The second-order valence-electron chi connectivity index (χ2n) is 11.9. The normalized spacial score (nSPS) is 15.1. The molecule has 1 saturated heterocycles. The van der Waals surface area contributed by atoms with Gasteiger partial charge in [-0.2, -0.15) is 0 Å². The molecule has 1 unspecified atom stereocenters. The fraction of sp³-hybridized carbons (Fsp3) is 0.500. The summed E-state index contributed by atoms with van der Waals surface area (Å²) < 4.78 is 17.8. The Balaban J connectivity index is 1.41. The molecule has 1 atom stereocenters. The Morgan fingerprint density at radius 3 is 2.52 bits per heavy atom. The summed E-state index contributed by atoms with van der Waals surface area (Å²) in [5.41, 5.74) is 1.27. The van der Waals surface area contributed by atoms with Crippen LogP contribution in [-0.4, -0.2) is 67.0 Å². The number of likely N-dealkylation sites (tertiary alicyclic amines) is 1. The molecular formula is C32H43ClN4O5. The smallest absolute Gasteiger partial charge is 0.319 e. The van der Waals surface area contributed by atoms with Crippen molar-refractivity contribution >= 4 is 34.2 Å². The molecule has 1 aromatic heterocycles. The van der Waals surface area contributed by atoms with E-state index in [2.05, 4.69) is 41.3 Å². The fourth-order valence-corrected chi connectivity index (χ4v) is 5.07. The van der Waals surface area contributed by atoms with Crippen LogP contribution in [0.25, 0.3) is 10.9 Å². The van der Waals surface area contributed by atoms with Crippen LogP contribution in [0.2, 0.25) is 5.02 Å². The number of aliphatic hydroxyl groups is 1. The number of carbonyl (C=O) groups excluding carboxylic acids is 1. The minimum atomic E-state index is -0.608. The van der Waals surface area contributed by atoms with E-state index in [4.69, 9.17) is 25.8 Å². The number of hydrogen-bond acceptors (Lipinski definition) is 7. The zero-order valence-electron chi connectivity index (χ0n) is 25.0. The van der Waals surface area contributed by atoms with E-state index < -0.39 is 6.10 Å². The number of rotatable bonds is 11. The lowest BCUT2D eigenvalue weighted by Crippen LogP contribution is -2.36. The maximum Gasteiger partial charge on any atom is 0.319 e. The zero-order chi connectivity index (χ0) is 30.1. The van der Waals surface area contributed by atoms with E-state index in [9.17, 15) is 9.90 Å². The van der Waals surface area contributed by atoms with Crippen molar-refractivity contribution in [2.75, 3.05) is 45.2 Å². The van der Waals surface area contributed by atoms with E-state index in [1.165, 1.54) is 25.7 Å². The van der Waals surface area contributed by atoms with E-state index >= 15 is 0 Å². The van der Waals surface area contributed by atoms with Crippen molar-refractivity contribution in [3.8, 4) is 23.0 Å². The quantitative estimate of drug-likeness (QED) is 0.221. The number of hydrogen-bond donors (Lipinski definition) is 3. The highest BCUT2D eigenvalue weighted by Gasteiger charge is 2.17. The third kappa shape index (κ3) is 9.37. The predicted octanol–water partition coefficient (Wildman–Crippen LogP) is 6.86. The number of amides is 2. The third-order valence-corrected chi connectivity index (χ3v) is 7.48. The minimum Gasteiger partial charge on any atom is -0.493 e. The highest BCUT2D eigenvalue weighted by Crippen LogP contribution is 2.38. The topological polar surface area (TPSA) is 105 Å². The number of halogens is 1. The standard InChI is InChI=1S/C32H43ClN4O5/c1-32(2,3)12-14-35-31(39)36-26-10-9-23(17-25(26)33)42-28-11-13-34-27-19-30(29(40-4)18-24(27)28)41-21-22(38)20-37-15-7-5-6-8-16-37/h9-11,13,17-19,22,38H,5-8,12,14-16,20-21H2,1-4H3,(H2,35,36,39). The number of benzene rings is 2. The van der Waals surface area contributed by atoms with Crippen LogP contribution in [0, 0.1) is 5.41 Å². The molecule has 2 aromatic carbocycles. The Labute approximate surface area is 253 Å². The van der Waals surface area contributed by atoms with Gasteiger partial charge in [-0.15, -0.1) is 0 Å². The summed E-state index contributed by atoms with van der Waals surface area (Å²) in [7, 11) is 1.57. The summed E-state index contributed by atoms with van der Waals surface area (Å²) in [4.78, 5) is 19.1. The molecule has 0 spiro atoms. The number of aliphatic hydroxyl groups excluding tert-OH is 1. The van der Waals surface area contributed by atoms with Crippen LogP contribution < -0.4 is 24.8 Å². The first kappa shape index (κ1) is 31.7. The van der Waals surface area contributed by atoms with Crippen molar-refractivity contribution in [1.29, 1.82) is 0 Å². The summed E-state index contributed by atoms with van der Waals surface area (Å²) in [6.45, 7) is 9.72. The number of methoxy groups -OCH3 is 1. The molecule has 0 radical (unpaired) electrons. The summed E-state index contributed by atoms with van der Waals surface area (Å²) in [6, 6.07) is 10.1. The van der Waals surface area contributed by atoms with Gasteiger partial charge in [0, 0.05) is 36.8 Å². The lowest BCUT2D eigenvalue weighted by atomic mass is 9.92. The van der Waals surface area contributed by atoms with Gasteiger partial charge in [-0.3, -0.25) is 4.98 Å². The summed E-state index contributed by atoms with van der Waals surface area (Å²) in [5, 5.41) is 17.3. The van der Waals surface area contributed by atoms with Crippen LogP contribution in [0.15, 0.2) is 42.6 Å². The first-order valence-corrected chi connectivity index (χ1v) is 15.0. The molecule has 10 heteroatoms. The first-order chi connectivity index (χ1) is 20.1. The highest BCUT2D eigenvalue weighted by atomic mass is 35.5. The molecule has 2 amide bonds. The Hall–Kier alpha value is -3.27. The maximum atomic E-state index is 12.3. The van der Waals surface area contributed by atoms with Crippen molar-refractivity contribution in [2.24, 2.45) is 5.41 Å². The van der Waals surface area contributed by atoms with Gasteiger partial charge in [0.25, 0.3) is 0 Å². The Kier molecular flexibility index (Phi) is 11.1. The number of urea groups is 1. The van der Waals surface area contributed by atoms with Gasteiger partial charge in [0.15, 0.2) is 11.5 Å². The molecule has 9 nitrogen and oxygen atoms in total. The van der Waals surface area contributed by atoms with E-state index in [0.29, 0.717) is 52.3 Å². The number of carbonyl (C=O) groups is 1. The molecule has 3 N–H and O–H groups in total.